The summed E-state index contributed by atoms with van der Waals surface area (Å²) in [4.78, 5) is 2.22. The molecule has 178 valence electrons. The Hall–Kier alpha value is -1.46. The molecule has 2 N–H and O–H groups in total. The van der Waals surface area contributed by atoms with E-state index in [9.17, 15) is 8.42 Å². The SMILES string of the molecule is CCN(CC[N+](C)(C)N)c1ccc(N=Nc2c(Cl)cc(S(=O)(=O)N(C)C)cc2Cl)cc1.[Cl-]. The average Bonchev–Trinajstić information content (AvgIpc) is 2.67. The maximum atomic E-state index is 12.3. The summed E-state index contributed by atoms with van der Waals surface area (Å²) < 4.78 is 26.1. The van der Waals surface area contributed by atoms with Crippen LogP contribution in [0.2, 0.25) is 10.0 Å². The van der Waals surface area contributed by atoms with Gasteiger partial charge >= 0.3 is 0 Å². The number of quaternary nitrogens is 1. The fraction of sp³-hybridized carbons (Fsp3) is 0.400. The molecule has 0 saturated carbocycles. The molecule has 0 bridgehead atoms. The van der Waals surface area contributed by atoms with E-state index in [4.69, 9.17) is 29.0 Å². The summed E-state index contributed by atoms with van der Waals surface area (Å²) in [6, 6.07) is 10.2. The molecule has 0 spiro atoms. The zero-order chi connectivity index (χ0) is 23.4. The molecule has 0 unspecified atom stereocenters. The molecule has 2 aromatic carbocycles. The van der Waals surface area contributed by atoms with Gasteiger partial charge < -0.3 is 17.3 Å². The fourth-order valence-corrected chi connectivity index (χ4v) is 4.33. The van der Waals surface area contributed by atoms with Crippen LogP contribution in [0.15, 0.2) is 51.5 Å². The highest BCUT2D eigenvalue weighted by Crippen LogP contribution is 2.37. The summed E-state index contributed by atoms with van der Waals surface area (Å²) in [6.07, 6.45) is 0. The van der Waals surface area contributed by atoms with Crippen LogP contribution >= 0.6 is 23.2 Å². The van der Waals surface area contributed by atoms with Crippen molar-refractivity contribution < 1.29 is 25.4 Å². The van der Waals surface area contributed by atoms with E-state index in [2.05, 4.69) is 22.1 Å². The van der Waals surface area contributed by atoms with E-state index in [0.717, 1.165) is 29.6 Å². The number of nitrogens with zero attached hydrogens (tertiary/aromatic N) is 5. The van der Waals surface area contributed by atoms with Crippen molar-refractivity contribution in [3.05, 3.63) is 46.4 Å². The van der Waals surface area contributed by atoms with E-state index in [0.29, 0.717) is 10.3 Å². The Kier molecular flexibility index (Phi) is 10.4. The number of anilines is 1. The molecule has 32 heavy (non-hydrogen) atoms. The third kappa shape index (κ3) is 7.55. The van der Waals surface area contributed by atoms with Crippen LogP contribution in [-0.2, 0) is 10.0 Å². The van der Waals surface area contributed by atoms with Gasteiger partial charge in [0.15, 0.2) is 0 Å². The monoisotopic (exact) mass is 522 g/mol. The molecule has 0 radical (unpaired) electrons. The lowest BCUT2D eigenvalue weighted by Gasteiger charge is -2.28. The van der Waals surface area contributed by atoms with Gasteiger partial charge in [0.2, 0.25) is 10.0 Å². The normalized spacial score (nSPS) is 12.3. The number of rotatable bonds is 9. The summed E-state index contributed by atoms with van der Waals surface area (Å²) >= 11 is 12.5. The van der Waals surface area contributed by atoms with Gasteiger partial charge in [-0.2, -0.15) is 11.0 Å². The first-order valence-corrected chi connectivity index (χ1v) is 11.8. The first kappa shape index (κ1) is 28.6. The molecule has 0 aliphatic rings. The number of hydrogen-bond acceptors (Lipinski definition) is 6. The van der Waals surface area contributed by atoms with Crippen molar-refractivity contribution in [2.24, 2.45) is 16.1 Å². The van der Waals surface area contributed by atoms with Crippen molar-refractivity contribution in [1.82, 2.24) is 4.31 Å². The van der Waals surface area contributed by atoms with Gasteiger partial charge in [-0.3, -0.25) is 4.59 Å². The number of likely N-dealkylation sites (N-methyl/N-ethyl adjacent to an activating group) is 2. The molecule has 0 heterocycles. The van der Waals surface area contributed by atoms with E-state index in [1.165, 1.54) is 26.2 Å². The number of halogens is 3. The zero-order valence-corrected chi connectivity index (χ0v) is 21.8. The van der Waals surface area contributed by atoms with Crippen LogP contribution in [-0.4, -0.2) is 65.1 Å². The lowest BCUT2D eigenvalue weighted by Crippen LogP contribution is -3.00. The molecular weight excluding hydrogens is 495 g/mol. The van der Waals surface area contributed by atoms with Gasteiger partial charge in [0.1, 0.15) is 12.2 Å². The van der Waals surface area contributed by atoms with Gasteiger partial charge in [0, 0.05) is 26.3 Å². The maximum absolute atomic E-state index is 12.3. The van der Waals surface area contributed by atoms with E-state index >= 15 is 0 Å². The van der Waals surface area contributed by atoms with Crippen molar-refractivity contribution in [2.75, 3.05) is 52.7 Å². The Balaban J connectivity index is 0.00000512. The second-order valence-electron chi connectivity index (χ2n) is 7.82. The van der Waals surface area contributed by atoms with Crippen molar-refractivity contribution in [3.63, 3.8) is 0 Å². The molecule has 0 fully saturated rings. The Labute approximate surface area is 206 Å². The first-order chi connectivity index (χ1) is 14.3. The number of nitrogens with two attached hydrogens (primary N) is 1. The van der Waals surface area contributed by atoms with Gasteiger partial charge in [-0.15, -0.1) is 5.11 Å². The second kappa shape index (κ2) is 11.6. The molecule has 8 nitrogen and oxygen atoms in total. The minimum atomic E-state index is -3.66. The molecule has 0 amide bonds. The summed E-state index contributed by atoms with van der Waals surface area (Å²) in [5, 5.41) is 8.53. The Bertz CT molecular complexity index is 1020. The second-order valence-corrected chi connectivity index (χ2v) is 10.8. The minimum Gasteiger partial charge on any atom is -1.00 e. The van der Waals surface area contributed by atoms with E-state index in [-0.39, 0.29) is 33.0 Å². The smallest absolute Gasteiger partial charge is 0.242 e. The van der Waals surface area contributed by atoms with Crippen LogP contribution in [0.3, 0.4) is 0 Å². The van der Waals surface area contributed by atoms with Crippen LogP contribution in [0.4, 0.5) is 17.1 Å². The summed E-state index contributed by atoms with van der Waals surface area (Å²) in [5.41, 5.74) is 1.89. The predicted molar refractivity (Wildman–Crippen MR) is 127 cm³/mol. The minimum absolute atomic E-state index is 0. The molecular formula is C20H29Cl3N6O2S. The number of azo groups is 1. The zero-order valence-electron chi connectivity index (χ0n) is 18.8. The van der Waals surface area contributed by atoms with Crippen LogP contribution in [0.25, 0.3) is 0 Å². The summed E-state index contributed by atoms with van der Waals surface area (Å²) in [5.74, 6) is 6.03. The van der Waals surface area contributed by atoms with Crippen molar-refractivity contribution in [1.29, 1.82) is 0 Å². The summed E-state index contributed by atoms with van der Waals surface area (Å²) in [7, 11) is 3.12. The third-order valence-corrected chi connectivity index (χ3v) is 6.95. The van der Waals surface area contributed by atoms with Crippen LogP contribution in [0.1, 0.15) is 6.92 Å². The number of sulfonamides is 1. The van der Waals surface area contributed by atoms with Crippen LogP contribution in [0, 0.1) is 0 Å². The first-order valence-electron chi connectivity index (χ1n) is 9.65. The van der Waals surface area contributed by atoms with Crippen molar-refractivity contribution >= 4 is 50.3 Å². The van der Waals surface area contributed by atoms with Crippen molar-refractivity contribution in [2.45, 2.75) is 11.8 Å². The predicted octanol–water partition coefficient (Wildman–Crippen LogP) is 1.44. The highest BCUT2D eigenvalue weighted by atomic mass is 35.5. The molecule has 0 aromatic heterocycles. The summed E-state index contributed by atoms with van der Waals surface area (Å²) in [6.45, 7) is 4.59. The quantitative estimate of drug-likeness (QED) is 0.233. The van der Waals surface area contributed by atoms with Crippen LogP contribution in [0.5, 0.6) is 0 Å². The molecule has 0 aliphatic heterocycles. The topological polar surface area (TPSA) is 91.4 Å². The molecule has 0 aliphatic carbocycles. The number of hydrogen-bond donors (Lipinski definition) is 1. The molecule has 2 rings (SSSR count). The lowest BCUT2D eigenvalue weighted by molar-refractivity contribution is -0.900. The largest absolute Gasteiger partial charge is 1.00 e. The van der Waals surface area contributed by atoms with E-state index in [1.54, 1.807) is 0 Å². The van der Waals surface area contributed by atoms with Crippen LogP contribution < -0.4 is 23.1 Å². The molecule has 0 atom stereocenters. The Morgan fingerprint density at radius 3 is 2.00 bits per heavy atom. The van der Waals surface area contributed by atoms with E-state index < -0.39 is 10.0 Å². The lowest BCUT2D eigenvalue weighted by atomic mass is 10.2. The number of benzene rings is 2. The Morgan fingerprint density at radius 1 is 1.03 bits per heavy atom. The van der Waals surface area contributed by atoms with Gasteiger partial charge in [0.25, 0.3) is 0 Å². The average molecular weight is 524 g/mol. The highest BCUT2D eigenvalue weighted by molar-refractivity contribution is 7.89. The molecule has 0 saturated heterocycles. The van der Waals surface area contributed by atoms with Gasteiger partial charge in [-0.1, -0.05) is 23.2 Å². The standard InChI is InChI=1S/C20H29Cl2N6O2S.ClH/c1-6-27(11-12-28(4,5)23)16-9-7-15(8-10-16)24-25-20-18(21)13-17(14-19(20)22)31(29,30)26(2)3;/h7-10,13-14H,6,11-12,23H2,1-5H3;1H/q+1;/p-1. The fourth-order valence-electron chi connectivity index (χ4n) is 2.68. The van der Waals surface area contributed by atoms with Gasteiger partial charge in [0.05, 0.1) is 41.3 Å². The molecule has 12 heteroatoms. The maximum Gasteiger partial charge on any atom is 0.242 e. The van der Waals surface area contributed by atoms with E-state index in [1.807, 2.05) is 38.4 Å². The van der Waals surface area contributed by atoms with Gasteiger partial charge in [-0.05, 0) is 43.3 Å². The third-order valence-electron chi connectivity index (χ3n) is 4.58. The molecule has 2 aromatic rings. The van der Waals surface area contributed by atoms with Crippen molar-refractivity contribution in [3.8, 4) is 0 Å². The highest BCUT2D eigenvalue weighted by Gasteiger charge is 2.20. The Morgan fingerprint density at radius 2 is 1.56 bits per heavy atom. The van der Waals surface area contributed by atoms with Gasteiger partial charge in [-0.25, -0.2) is 12.7 Å².